The third-order valence-corrected chi connectivity index (χ3v) is 6.51. The zero-order chi connectivity index (χ0) is 22.7. The van der Waals surface area contributed by atoms with Crippen molar-refractivity contribution in [2.75, 3.05) is 11.1 Å². The SMILES string of the molecule is CCc1cccc(NC(=O)CSc2nc3nc(C)c(Cc4ccccc4Cl)c(C)n3n2)c1. The fraction of sp³-hybridized carbons (Fsp3) is 0.250. The number of aromatic nitrogens is 4. The van der Waals surface area contributed by atoms with Gasteiger partial charge in [0.1, 0.15) is 0 Å². The summed E-state index contributed by atoms with van der Waals surface area (Å²) in [5.41, 5.74) is 5.96. The van der Waals surface area contributed by atoms with Crippen LogP contribution in [-0.4, -0.2) is 31.2 Å². The molecule has 0 aliphatic heterocycles. The molecule has 0 radical (unpaired) electrons. The minimum Gasteiger partial charge on any atom is -0.325 e. The Kier molecular flexibility index (Phi) is 6.77. The monoisotopic (exact) mass is 465 g/mol. The van der Waals surface area contributed by atoms with Crippen LogP contribution in [-0.2, 0) is 17.6 Å². The molecule has 2 aromatic heterocycles. The van der Waals surface area contributed by atoms with E-state index in [2.05, 4.69) is 27.3 Å². The molecule has 1 N–H and O–H groups in total. The Labute approximate surface area is 196 Å². The van der Waals surface area contributed by atoms with E-state index in [4.69, 9.17) is 11.6 Å². The number of nitrogens with one attached hydrogen (secondary N) is 1. The van der Waals surface area contributed by atoms with Crippen molar-refractivity contribution in [1.82, 2.24) is 19.6 Å². The summed E-state index contributed by atoms with van der Waals surface area (Å²) in [5.74, 6) is 0.654. The van der Waals surface area contributed by atoms with Crippen LogP contribution in [0.25, 0.3) is 5.78 Å². The smallest absolute Gasteiger partial charge is 0.253 e. The van der Waals surface area contributed by atoms with E-state index in [1.54, 1.807) is 4.52 Å². The van der Waals surface area contributed by atoms with E-state index in [-0.39, 0.29) is 11.7 Å². The molecular formula is C24H24ClN5OS. The molecule has 164 valence electrons. The van der Waals surface area contributed by atoms with E-state index in [9.17, 15) is 4.79 Å². The van der Waals surface area contributed by atoms with Gasteiger partial charge in [-0.2, -0.15) is 4.98 Å². The Balaban J connectivity index is 1.49. The molecule has 0 aliphatic rings. The van der Waals surface area contributed by atoms with Gasteiger partial charge in [-0.05, 0) is 55.2 Å². The van der Waals surface area contributed by atoms with Crippen LogP contribution in [0.1, 0.15) is 35.0 Å². The number of carbonyl (C=O) groups is 1. The number of rotatable bonds is 7. The van der Waals surface area contributed by atoms with Gasteiger partial charge in [0.15, 0.2) is 0 Å². The Bertz CT molecular complexity index is 1290. The highest BCUT2D eigenvalue weighted by atomic mass is 35.5. The molecule has 32 heavy (non-hydrogen) atoms. The van der Waals surface area contributed by atoms with Gasteiger partial charge in [-0.1, -0.05) is 60.6 Å². The molecular weight excluding hydrogens is 442 g/mol. The second kappa shape index (κ2) is 9.71. The maximum atomic E-state index is 12.4. The second-order valence-electron chi connectivity index (χ2n) is 7.53. The minimum atomic E-state index is -0.0950. The van der Waals surface area contributed by atoms with Gasteiger partial charge in [-0.25, -0.2) is 9.50 Å². The lowest BCUT2D eigenvalue weighted by Gasteiger charge is -2.11. The maximum absolute atomic E-state index is 12.4. The zero-order valence-corrected chi connectivity index (χ0v) is 19.8. The highest BCUT2D eigenvalue weighted by molar-refractivity contribution is 7.99. The lowest BCUT2D eigenvalue weighted by Crippen LogP contribution is -2.14. The van der Waals surface area contributed by atoms with E-state index in [1.165, 1.54) is 17.3 Å². The van der Waals surface area contributed by atoms with Crippen LogP contribution < -0.4 is 5.32 Å². The number of hydrogen-bond donors (Lipinski definition) is 1. The summed E-state index contributed by atoms with van der Waals surface area (Å²) in [7, 11) is 0. The van der Waals surface area contributed by atoms with Crippen molar-refractivity contribution in [3.63, 3.8) is 0 Å². The van der Waals surface area contributed by atoms with Crippen molar-refractivity contribution in [3.8, 4) is 0 Å². The van der Waals surface area contributed by atoms with Crippen LogP contribution in [0.15, 0.2) is 53.7 Å². The van der Waals surface area contributed by atoms with Gasteiger partial charge in [0.2, 0.25) is 11.1 Å². The van der Waals surface area contributed by atoms with Gasteiger partial charge < -0.3 is 5.32 Å². The summed E-state index contributed by atoms with van der Waals surface area (Å²) in [6, 6.07) is 15.7. The van der Waals surface area contributed by atoms with Crippen LogP contribution in [0.5, 0.6) is 0 Å². The van der Waals surface area contributed by atoms with E-state index >= 15 is 0 Å². The van der Waals surface area contributed by atoms with E-state index in [1.807, 2.05) is 62.4 Å². The Morgan fingerprint density at radius 1 is 1.12 bits per heavy atom. The third kappa shape index (κ3) is 4.95. The summed E-state index contributed by atoms with van der Waals surface area (Å²) < 4.78 is 1.74. The molecule has 1 amide bonds. The van der Waals surface area contributed by atoms with Crippen LogP contribution in [0.3, 0.4) is 0 Å². The van der Waals surface area contributed by atoms with Crippen LogP contribution in [0.2, 0.25) is 5.02 Å². The largest absolute Gasteiger partial charge is 0.325 e. The fourth-order valence-corrected chi connectivity index (χ4v) is 4.36. The van der Waals surface area contributed by atoms with Crippen molar-refractivity contribution < 1.29 is 4.79 Å². The minimum absolute atomic E-state index is 0.0950. The highest BCUT2D eigenvalue weighted by Crippen LogP contribution is 2.24. The number of nitrogens with zero attached hydrogens (tertiary/aromatic N) is 4. The molecule has 4 rings (SSSR count). The normalized spacial score (nSPS) is 11.1. The maximum Gasteiger partial charge on any atom is 0.253 e. The number of benzene rings is 2. The summed E-state index contributed by atoms with van der Waals surface area (Å²) >= 11 is 7.64. The number of fused-ring (bicyclic) bond motifs is 1. The first-order valence-electron chi connectivity index (χ1n) is 10.4. The molecule has 0 bridgehead atoms. The second-order valence-corrected chi connectivity index (χ2v) is 8.88. The van der Waals surface area contributed by atoms with Crippen LogP contribution in [0.4, 0.5) is 5.69 Å². The first kappa shape index (κ1) is 22.3. The van der Waals surface area contributed by atoms with Gasteiger partial charge in [0.25, 0.3) is 5.78 Å². The summed E-state index contributed by atoms with van der Waals surface area (Å²) in [5, 5.41) is 8.76. The van der Waals surface area contributed by atoms with Gasteiger partial charge in [-0.15, -0.1) is 5.10 Å². The van der Waals surface area contributed by atoms with Crippen molar-refractivity contribution in [2.24, 2.45) is 0 Å². The molecule has 0 saturated carbocycles. The standard InChI is InChI=1S/C24H24ClN5OS/c1-4-17-8-7-10-19(12-17)27-22(31)14-32-24-28-23-26-15(2)20(16(3)30(23)29-24)13-18-9-5-6-11-21(18)25/h5-12H,4,13-14H2,1-3H3,(H,27,31). The Morgan fingerprint density at radius 3 is 2.72 bits per heavy atom. The van der Waals surface area contributed by atoms with Gasteiger partial charge >= 0.3 is 0 Å². The number of hydrogen-bond acceptors (Lipinski definition) is 5. The number of thioether (sulfide) groups is 1. The van der Waals surface area contributed by atoms with E-state index < -0.39 is 0 Å². The number of aryl methyl sites for hydroxylation is 3. The number of anilines is 1. The zero-order valence-electron chi connectivity index (χ0n) is 18.2. The molecule has 8 heteroatoms. The lowest BCUT2D eigenvalue weighted by molar-refractivity contribution is -0.113. The molecule has 0 unspecified atom stereocenters. The van der Waals surface area contributed by atoms with Crippen molar-refractivity contribution in [2.45, 2.75) is 38.8 Å². The van der Waals surface area contributed by atoms with Gasteiger partial charge in [-0.3, -0.25) is 4.79 Å². The number of carbonyl (C=O) groups excluding carboxylic acids is 1. The Morgan fingerprint density at radius 2 is 1.94 bits per heavy atom. The molecule has 6 nitrogen and oxygen atoms in total. The first-order chi connectivity index (χ1) is 15.4. The molecule has 0 saturated heterocycles. The number of halogens is 1. The Hall–Kier alpha value is -2.90. The summed E-state index contributed by atoms with van der Waals surface area (Å²) in [4.78, 5) is 21.5. The van der Waals surface area contributed by atoms with E-state index in [0.717, 1.165) is 39.6 Å². The van der Waals surface area contributed by atoms with Crippen molar-refractivity contribution in [1.29, 1.82) is 0 Å². The lowest BCUT2D eigenvalue weighted by atomic mass is 10.0. The number of amides is 1. The molecule has 2 aromatic carbocycles. The average Bonchev–Trinajstić information content (AvgIpc) is 3.19. The molecule has 0 fully saturated rings. The molecule has 0 atom stereocenters. The van der Waals surface area contributed by atoms with Gasteiger partial charge in [0.05, 0.1) is 5.75 Å². The predicted octanol–water partition coefficient (Wildman–Crippen LogP) is 5.28. The van der Waals surface area contributed by atoms with Gasteiger partial charge in [0, 0.05) is 28.5 Å². The predicted molar refractivity (Wildman–Crippen MR) is 130 cm³/mol. The molecule has 0 spiro atoms. The summed E-state index contributed by atoms with van der Waals surface area (Å²) in [6.45, 7) is 6.06. The first-order valence-corrected chi connectivity index (χ1v) is 11.8. The molecule has 0 aliphatic carbocycles. The van der Waals surface area contributed by atoms with Crippen LogP contribution >= 0.6 is 23.4 Å². The fourth-order valence-electron chi connectivity index (χ4n) is 3.54. The van der Waals surface area contributed by atoms with E-state index in [0.29, 0.717) is 17.4 Å². The summed E-state index contributed by atoms with van der Waals surface area (Å²) in [6.07, 6.45) is 1.59. The quantitative estimate of drug-likeness (QED) is 0.376. The van der Waals surface area contributed by atoms with Crippen molar-refractivity contribution >= 4 is 40.7 Å². The topological polar surface area (TPSA) is 72.2 Å². The third-order valence-electron chi connectivity index (χ3n) is 5.31. The average molecular weight is 466 g/mol. The molecule has 2 heterocycles. The molecule has 4 aromatic rings. The van der Waals surface area contributed by atoms with Crippen LogP contribution in [0, 0.1) is 13.8 Å². The van der Waals surface area contributed by atoms with Crippen molar-refractivity contribution in [3.05, 3.63) is 81.6 Å². The highest BCUT2D eigenvalue weighted by Gasteiger charge is 2.16.